The molecule has 0 bridgehead atoms. The van der Waals surface area contributed by atoms with E-state index >= 15 is 0 Å². The van der Waals surface area contributed by atoms with E-state index < -0.39 is 48.4 Å². The third kappa shape index (κ3) is 8.44. The van der Waals surface area contributed by atoms with Crippen LogP contribution in [-0.2, 0) is 19.2 Å². The summed E-state index contributed by atoms with van der Waals surface area (Å²) in [7, 11) is 0. The molecule has 0 radical (unpaired) electrons. The number of carbonyl (C=O) groups excluding carboxylic acids is 3. The zero-order valence-electron chi connectivity index (χ0n) is 13.8. The van der Waals surface area contributed by atoms with Crippen molar-refractivity contribution in [2.24, 2.45) is 17.4 Å². The molecule has 24 heavy (non-hydrogen) atoms. The van der Waals surface area contributed by atoms with Crippen molar-refractivity contribution in [1.29, 1.82) is 0 Å². The van der Waals surface area contributed by atoms with Crippen molar-refractivity contribution in [2.45, 2.75) is 51.2 Å². The monoisotopic (exact) mass is 346 g/mol. The summed E-state index contributed by atoms with van der Waals surface area (Å²) in [4.78, 5) is 46.0. The molecule has 3 amide bonds. The molecule has 0 spiro atoms. The molecule has 0 rings (SSSR count). The van der Waals surface area contributed by atoms with Gasteiger partial charge in [-0.25, -0.2) is 4.79 Å². The van der Waals surface area contributed by atoms with E-state index in [0.29, 0.717) is 0 Å². The highest BCUT2D eigenvalue weighted by Gasteiger charge is 2.28. The van der Waals surface area contributed by atoms with E-state index in [0.717, 1.165) is 0 Å². The van der Waals surface area contributed by atoms with E-state index in [1.54, 1.807) is 0 Å². The number of aliphatic hydroxyl groups excluding tert-OH is 1. The fraction of sp³-hybridized carbons (Fsp3) is 0.714. The minimum Gasteiger partial charge on any atom is -0.480 e. The number of hydrogen-bond acceptors (Lipinski definition) is 6. The van der Waals surface area contributed by atoms with Crippen LogP contribution in [0.1, 0.15) is 33.1 Å². The molecule has 0 aromatic heterocycles. The average Bonchev–Trinajstić information content (AvgIpc) is 2.48. The van der Waals surface area contributed by atoms with E-state index in [-0.39, 0.29) is 25.2 Å². The third-order valence-corrected chi connectivity index (χ3v) is 3.17. The highest BCUT2D eigenvalue weighted by molar-refractivity contribution is 5.91. The van der Waals surface area contributed by atoms with Crippen LogP contribution in [0.5, 0.6) is 0 Å². The molecule has 0 fully saturated rings. The van der Waals surface area contributed by atoms with Crippen LogP contribution in [0.4, 0.5) is 0 Å². The van der Waals surface area contributed by atoms with Crippen LogP contribution >= 0.6 is 0 Å². The number of aliphatic carboxylic acids is 1. The molecule has 138 valence electrons. The number of nitrogens with one attached hydrogen (secondary N) is 2. The van der Waals surface area contributed by atoms with Gasteiger partial charge in [-0.3, -0.25) is 14.4 Å². The SMILES string of the molecule is CC(C)CC(NC(=O)C(N)CO)C(=O)NC(CCC(N)=O)C(=O)O. The van der Waals surface area contributed by atoms with Crippen molar-refractivity contribution in [1.82, 2.24) is 10.6 Å². The van der Waals surface area contributed by atoms with E-state index in [2.05, 4.69) is 10.6 Å². The van der Waals surface area contributed by atoms with Gasteiger partial charge in [0.15, 0.2) is 0 Å². The maximum absolute atomic E-state index is 12.3. The van der Waals surface area contributed by atoms with Crippen LogP contribution in [-0.4, -0.2) is 58.6 Å². The molecule has 0 heterocycles. The second-order valence-corrected chi connectivity index (χ2v) is 5.88. The quantitative estimate of drug-likeness (QED) is 0.242. The second kappa shape index (κ2) is 10.6. The van der Waals surface area contributed by atoms with Crippen LogP contribution < -0.4 is 22.1 Å². The molecular weight excluding hydrogens is 320 g/mol. The molecule has 0 saturated carbocycles. The highest BCUT2D eigenvalue weighted by atomic mass is 16.4. The Kier molecular flexibility index (Phi) is 9.58. The van der Waals surface area contributed by atoms with Crippen LogP contribution in [0.3, 0.4) is 0 Å². The number of carbonyl (C=O) groups is 4. The Bertz CT molecular complexity index is 468. The first-order valence-electron chi connectivity index (χ1n) is 7.56. The molecule has 0 aliphatic heterocycles. The predicted molar refractivity (Wildman–Crippen MR) is 84.4 cm³/mol. The van der Waals surface area contributed by atoms with Crippen LogP contribution in [0.15, 0.2) is 0 Å². The molecule has 0 aliphatic rings. The molecule has 0 aromatic carbocycles. The Morgan fingerprint density at radius 2 is 1.58 bits per heavy atom. The number of hydrogen-bond donors (Lipinski definition) is 6. The Balaban J connectivity index is 4.97. The first-order valence-corrected chi connectivity index (χ1v) is 7.56. The summed E-state index contributed by atoms with van der Waals surface area (Å²) >= 11 is 0. The summed E-state index contributed by atoms with van der Waals surface area (Å²) in [5.41, 5.74) is 10.4. The number of rotatable bonds is 11. The lowest BCUT2D eigenvalue weighted by Gasteiger charge is -2.23. The second-order valence-electron chi connectivity index (χ2n) is 5.88. The molecule has 10 heteroatoms. The molecule has 0 saturated heterocycles. The number of amides is 3. The van der Waals surface area contributed by atoms with E-state index in [1.807, 2.05) is 13.8 Å². The average molecular weight is 346 g/mol. The highest BCUT2D eigenvalue weighted by Crippen LogP contribution is 2.07. The maximum atomic E-state index is 12.3. The Morgan fingerprint density at radius 1 is 1.04 bits per heavy atom. The summed E-state index contributed by atoms with van der Waals surface area (Å²) < 4.78 is 0. The van der Waals surface area contributed by atoms with Crippen molar-refractivity contribution in [2.75, 3.05) is 6.61 Å². The van der Waals surface area contributed by atoms with Gasteiger partial charge in [0.1, 0.15) is 18.1 Å². The molecule has 0 aliphatic carbocycles. The van der Waals surface area contributed by atoms with Gasteiger partial charge in [0.2, 0.25) is 17.7 Å². The topological polar surface area (TPSA) is 185 Å². The lowest BCUT2D eigenvalue weighted by molar-refractivity contribution is -0.142. The van der Waals surface area contributed by atoms with Crippen molar-refractivity contribution < 1.29 is 29.4 Å². The third-order valence-electron chi connectivity index (χ3n) is 3.17. The summed E-state index contributed by atoms with van der Waals surface area (Å²) in [6.07, 6.45) is -0.110. The number of nitrogens with two attached hydrogens (primary N) is 2. The zero-order chi connectivity index (χ0) is 18.9. The van der Waals surface area contributed by atoms with Gasteiger partial charge in [-0.1, -0.05) is 13.8 Å². The summed E-state index contributed by atoms with van der Waals surface area (Å²) in [5, 5.41) is 22.6. The van der Waals surface area contributed by atoms with Crippen molar-refractivity contribution >= 4 is 23.7 Å². The van der Waals surface area contributed by atoms with Gasteiger partial charge < -0.3 is 32.3 Å². The molecule has 8 N–H and O–H groups in total. The standard InChI is InChI=1S/C14H26N4O6/c1-7(2)5-10(18-12(21)8(15)6-19)13(22)17-9(14(23)24)3-4-11(16)20/h7-10,19H,3-6,15H2,1-2H3,(H2,16,20)(H,17,22)(H,18,21)(H,23,24). The fourth-order valence-corrected chi connectivity index (χ4v) is 1.88. The Morgan fingerprint density at radius 3 is 2.00 bits per heavy atom. The molecular formula is C14H26N4O6. The minimum absolute atomic E-state index is 0.0281. The summed E-state index contributed by atoms with van der Waals surface area (Å²) in [6.45, 7) is 3.05. The molecule has 0 aromatic rings. The number of primary amides is 1. The van der Waals surface area contributed by atoms with E-state index in [4.69, 9.17) is 21.7 Å². The van der Waals surface area contributed by atoms with Gasteiger partial charge in [0.05, 0.1) is 6.61 Å². The number of carboxylic acid groups (broad SMARTS) is 1. The van der Waals surface area contributed by atoms with E-state index in [9.17, 15) is 19.2 Å². The Labute approximate surface area is 139 Å². The summed E-state index contributed by atoms with van der Waals surface area (Å²) in [6, 6.07) is -3.49. The van der Waals surface area contributed by atoms with Crippen LogP contribution in [0.2, 0.25) is 0 Å². The lowest BCUT2D eigenvalue weighted by Crippen LogP contribution is -2.55. The predicted octanol–water partition coefficient (Wildman–Crippen LogP) is -2.33. The van der Waals surface area contributed by atoms with Crippen molar-refractivity contribution in [3.05, 3.63) is 0 Å². The largest absolute Gasteiger partial charge is 0.480 e. The van der Waals surface area contributed by atoms with Crippen LogP contribution in [0, 0.1) is 5.92 Å². The lowest BCUT2D eigenvalue weighted by atomic mass is 10.0. The summed E-state index contributed by atoms with van der Waals surface area (Å²) in [5.74, 6) is -3.40. The van der Waals surface area contributed by atoms with Gasteiger partial charge in [-0.05, 0) is 18.8 Å². The first kappa shape index (κ1) is 21.8. The number of aliphatic hydroxyl groups is 1. The zero-order valence-corrected chi connectivity index (χ0v) is 13.8. The Hall–Kier alpha value is -2.20. The van der Waals surface area contributed by atoms with Gasteiger partial charge in [0.25, 0.3) is 0 Å². The van der Waals surface area contributed by atoms with Gasteiger partial charge in [-0.15, -0.1) is 0 Å². The van der Waals surface area contributed by atoms with E-state index in [1.165, 1.54) is 0 Å². The minimum atomic E-state index is -1.31. The molecule has 3 atom stereocenters. The van der Waals surface area contributed by atoms with Gasteiger partial charge in [0, 0.05) is 6.42 Å². The van der Waals surface area contributed by atoms with Gasteiger partial charge in [-0.2, -0.15) is 0 Å². The van der Waals surface area contributed by atoms with Gasteiger partial charge >= 0.3 is 5.97 Å². The normalized spacial score (nSPS) is 14.5. The van der Waals surface area contributed by atoms with Crippen molar-refractivity contribution in [3.8, 4) is 0 Å². The number of carboxylic acids is 1. The fourth-order valence-electron chi connectivity index (χ4n) is 1.88. The molecule has 10 nitrogen and oxygen atoms in total. The smallest absolute Gasteiger partial charge is 0.326 e. The maximum Gasteiger partial charge on any atom is 0.326 e. The first-order chi connectivity index (χ1) is 11.1. The van der Waals surface area contributed by atoms with Crippen molar-refractivity contribution in [3.63, 3.8) is 0 Å². The molecule has 3 unspecified atom stereocenters. The van der Waals surface area contributed by atoms with Crippen LogP contribution in [0.25, 0.3) is 0 Å².